The number of likely N-dealkylation sites (N-methyl/N-ethyl adjacent to an activating group) is 1. The smallest absolute Gasteiger partial charge is 0.321 e. The lowest BCUT2D eigenvalue weighted by Crippen LogP contribution is -2.38. The summed E-state index contributed by atoms with van der Waals surface area (Å²) in [5.41, 5.74) is 6.11. The molecule has 1 aromatic carbocycles. The van der Waals surface area contributed by atoms with Crippen molar-refractivity contribution in [3.8, 4) is 5.75 Å². The van der Waals surface area contributed by atoms with Crippen LogP contribution in [0.15, 0.2) is 24.3 Å². The van der Waals surface area contributed by atoms with Gasteiger partial charge in [-0.05, 0) is 19.1 Å². The fourth-order valence-electron chi connectivity index (χ4n) is 1.50. The first-order valence-corrected chi connectivity index (χ1v) is 5.62. The summed E-state index contributed by atoms with van der Waals surface area (Å²) in [7, 11) is 1.57. The molecule has 0 saturated heterocycles. The topological polar surface area (TPSA) is 67.6 Å². The second kappa shape index (κ2) is 6.75. The van der Waals surface area contributed by atoms with E-state index in [1.807, 2.05) is 19.1 Å². The molecule has 17 heavy (non-hydrogen) atoms. The van der Waals surface area contributed by atoms with Crippen molar-refractivity contribution in [3.63, 3.8) is 0 Å². The summed E-state index contributed by atoms with van der Waals surface area (Å²) in [6.45, 7) is 3.53. The summed E-state index contributed by atoms with van der Waals surface area (Å²) < 4.78 is 5.16. The number of nitrogens with zero attached hydrogens (tertiary/aromatic N) is 1. The maximum atomic E-state index is 11.9. The molecule has 0 bridgehead atoms. The highest BCUT2D eigenvalue weighted by molar-refractivity contribution is 5.90. The second-order valence-electron chi connectivity index (χ2n) is 3.50. The number of hydrogen-bond donors (Lipinski definition) is 2. The van der Waals surface area contributed by atoms with Crippen LogP contribution in [0.4, 0.5) is 10.5 Å². The number of hydrogen-bond acceptors (Lipinski definition) is 3. The average Bonchev–Trinajstić information content (AvgIpc) is 2.36. The van der Waals surface area contributed by atoms with Crippen LogP contribution >= 0.6 is 0 Å². The van der Waals surface area contributed by atoms with E-state index in [-0.39, 0.29) is 6.03 Å². The molecule has 5 heteroatoms. The molecular weight excluding hydrogens is 218 g/mol. The summed E-state index contributed by atoms with van der Waals surface area (Å²) in [5, 5.41) is 2.80. The zero-order valence-electron chi connectivity index (χ0n) is 10.3. The van der Waals surface area contributed by atoms with Gasteiger partial charge in [0.05, 0.1) is 12.8 Å². The van der Waals surface area contributed by atoms with Crippen molar-refractivity contribution in [1.82, 2.24) is 4.90 Å². The van der Waals surface area contributed by atoms with Gasteiger partial charge in [-0.25, -0.2) is 4.79 Å². The minimum atomic E-state index is -0.164. The number of methoxy groups -OCH3 is 1. The Kier molecular flexibility index (Phi) is 5.29. The molecule has 0 fully saturated rings. The van der Waals surface area contributed by atoms with Crippen molar-refractivity contribution in [2.75, 3.05) is 32.1 Å². The predicted octanol–water partition coefficient (Wildman–Crippen LogP) is 1.51. The summed E-state index contributed by atoms with van der Waals surface area (Å²) in [5.74, 6) is 0.643. The van der Waals surface area contributed by atoms with Crippen LogP contribution in [0.2, 0.25) is 0 Å². The number of ether oxygens (including phenoxy) is 1. The van der Waals surface area contributed by atoms with Crippen LogP contribution in [0.25, 0.3) is 0 Å². The van der Waals surface area contributed by atoms with Gasteiger partial charge in [-0.15, -0.1) is 0 Å². The third-order valence-electron chi connectivity index (χ3n) is 2.42. The standard InChI is InChI=1S/C12H19N3O2/c1-3-15(9-8-13)12(16)14-10-6-4-5-7-11(10)17-2/h4-7H,3,8-9,13H2,1-2H3,(H,14,16). The third-order valence-corrected chi connectivity index (χ3v) is 2.42. The molecule has 5 nitrogen and oxygen atoms in total. The van der Waals surface area contributed by atoms with Crippen LogP contribution in [0.3, 0.4) is 0 Å². The van der Waals surface area contributed by atoms with Crippen molar-refractivity contribution in [1.29, 1.82) is 0 Å². The number of nitrogens with two attached hydrogens (primary N) is 1. The molecule has 3 N–H and O–H groups in total. The highest BCUT2D eigenvalue weighted by Gasteiger charge is 2.12. The molecule has 0 aliphatic heterocycles. The highest BCUT2D eigenvalue weighted by Crippen LogP contribution is 2.23. The number of rotatable bonds is 5. The van der Waals surface area contributed by atoms with Crippen LogP contribution in [0, 0.1) is 0 Å². The molecule has 1 rings (SSSR count). The van der Waals surface area contributed by atoms with Crippen molar-refractivity contribution in [2.24, 2.45) is 5.73 Å². The molecule has 0 radical (unpaired) electrons. The van der Waals surface area contributed by atoms with E-state index in [0.717, 1.165) is 0 Å². The monoisotopic (exact) mass is 237 g/mol. The van der Waals surface area contributed by atoms with Gasteiger partial charge in [-0.3, -0.25) is 0 Å². The van der Waals surface area contributed by atoms with Crippen molar-refractivity contribution in [3.05, 3.63) is 24.3 Å². The minimum Gasteiger partial charge on any atom is -0.495 e. The molecule has 0 heterocycles. The summed E-state index contributed by atoms with van der Waals surface area (Å²) >= 11 is 0. The Bertz CT molecular complexity index is 369. The number of carbonyl (C=O) groups excluding carboxylic acids is 1. The molecule has 2 amide bonds. The van der Waals surface area contributed by atoms with Crippen molar-refractivity contribution >= 4 is 11.7 Å². The van der Waals surface area contributed by atoms with Gasteiger partial charge >= 0.3 is 6.03 Å². The molecule has 0 atom stereocenters. The van der Waals surface area contributed by atoms with E-state index < -0.39 is 0 Å². The van der Waals surface area contributed by atoms with Crippen LogP contribution in [-0.4, -0.2) is 37.7 Å². The molecule has 0 aromatic heterocycles. The van der Waals surface area contributed by atoms with Crippen LogP contribution in [0.1, 0.15) is 6.92 Å². The van der Waals surface area contributed by atoms with E-state index in [1.165, 1.54) is 0 Å². The van der Waals surface area contributed by atoms with Gasteiger partial charge in [0.2, 0.25) is 0 Å². The van der Waals surface area contributed by atoms with Crippen molar-refractivity contribution in [2.45, 2.75) is 6.92 Å². The first kappa shape index (κ1) is 13.3. The number of amides is 2. The van der Waals surface area contributed by atoms with E-state index in [1.54, 1.807) is 24.1 Å². The Morgan fingerprint density at radius 1 is 1.47 bits per heavy atom. The molecule has 1 aromatic rings. The lowest BCUT2D eigenvalue weighted by Gasteiger charge is -2.21. The zero-order chi connectivity index (χ0) is 12.7. The van der Waals surface area contributed by atoms with Crippen molar-refractivity contribution < 1.29 is 9.53 Å². The number of nitrogens with one attached hydrogen (secondary N) is 1. The summed E-state index contributed by atoms with van der Waals surface area (Å²) in [6.07, 6.45) is 0. The van der Waals surface area contributed by atoms with Gasteiger partial charge in [0.15, 0.2) is 0 Å². The van der Waals surface area contributed by atoms with Crippen LogP contribution < -0.4 is 15.8 Å². The molecule has 0 aliphatic rings. The minimum absolute atomic E-state index is 0.164. The maximum Gasteiger partial charge on any atom is 0.321 e. The summed E-state index contributed by atoms with van der Waals surface area (Å²) in [6, 6.07) is 7.13. The third kappa shape index (κ3) is 3.64. The lowest BCUT2D eigenvalue weighted by molar-refractivity contribution is 0.216. The average molecular weight is 237 g/mol. The Morgan fingerprint density at radius 2 is 2.18 bits per heavy atom. The number of urea groups is 1. The second-order valence-corrected chi connectivity index (χ2v) is 3.50. The predicted molar refractivity (Wildman–Crippen MR) is 68.3 cm³/mol. The van der Waals surface area contributed by atoms with E-state index in [0.29, 0.717) is 31.1 Å². The first-order chi connectivity index (χ1) is 8.22. The van der Waals surface area contributed by atoms with Gasteiger partial charge in [-0.2, -0.15) is 0 Å². The molecule has 0 unspecified atom stereocenters. The van der Waals surface area contributed by atoms with E-state index in [2.05, 4.69) is 5.32 Å². The highest BCUT2D eigenvalue weighted by atomic mass is 16.5. The quantitative estimate of drug-likeness (QED) is 0.815. The molecule has 0 aliphatic carbocycles. The van der Waals surface area contributed by atoms with E-state index in [9.17, 15) is 4.79 Å². The van der Waals surface area contributed by atoms with Gasteiger partial charge in [0, 0.05) is 19.6 Å². The molecule has 0 spiro atoms. The Morgan fingerprint density at radius 3 is 2.76 bits per heavy atom. The number of carbonyl (C=O) groups is 1. The molecule has 0 saturated carbocycles. The number of para-hydroxylation sites is 2. The first-order valence-electron chi connectivity index (χ1n) is 5.62. The Labute approximate surface area is 102 Å². The molecular formula is C12H19N3O2. The Balaban J connectivity index is 2.72. The molecule has 94 valence electrons. The number of anilines is 1. The lowest BCUT2D eigenvalue weighted by atomic mass is 10.3. The zero-order valence-corrected chi connectivity index (χ0v) is 10.3. The van der Waals surface area contributed by atoms with Gasteiger partial charge in [0.25, 0.3) is 0 Å². The maximum absolute atomic E-state index is 11.9. The van der Waals surface area contributed by atoms with Gasteiger partial charge < -0.3 is 20.7 Å². The fourth-order valence-corrected chi connectivity index (χ4v) is 1.50. The largest absolute Gasteiger partial charge is 0.495 e. The number of benzene rings is 1. The SMILES string of the molecule is CCN(CCN)C(=O)Nc1ccccc1OC. The summed E-state index contributed by atoms with van der Waals surface area (Å²) in [4.78, 5) is 13.6. The van der Waals surface area contributed by atoms with E-state index >= 15 is 0 Å². The van der Waals surface area contributed by atoms with E-state index in [4.69, 9.17) is 10.5 Å². The van der Waals surface area contributed by atoms with Gasteiger partial charge in [-0.1, -0.05) is 12.1 Å². The van der Waals surface area contributed by atoms with Crippen LogP contribution in [-0.2, 0) is 0 Å². The fraction of sp³-hybridized carbons (Fsp3) is 0.417. The normalized spacial score (nSPS) is 9.82. The Hall–Kier alpha value is -1.75. The van der Waals surface area contributed by atoms with Crippen LogP contribution in [0.5, 0.6) is 5.75 Å². The van der Waals surface area contributed by atoms with Gasteiger partial charge in [0.1, 0.15) is 5.75 Å².